The number of hydrogen-bond donors (Lipinski definition) is 1. The zero-order valence-corrected chi connectivity index (χ0v) is 11.3. The average Bonchev–Trinajstić information content (AvgIpc) is 2.81. The first-order valence-electron chi connectivity index (χ1n) is 6.71. The summed E-state index contributed by atoms with van der Waals surface area (Å²) >= 11 is 0. The van der Waals surface area contributed by atoms with E-state index in [4.69, 9.17) is 14.9 Å². The molecule has 0 bridgehead atoms. The lowest BCUT2D eigenvalue weighted by Gasteiger charge is -2.37. The summed E-state index contributed by atoms with van der Waals surface area (Å²) in [5.74, 6) is 0. The van der Waals surface area contributed by atoms with Crippen LogP contribution in [0.2, 0.25) is 0 Å². The normalized spacial score (nSPS) is 24.0. The molecule has 1 aromatic carbocycles. The maximum absolute atomic E-state index is 5.85. The zero-order chi connectivity index (χ0) is 13.4. The number of aromatic nitrogens is 1. The highest BCUT2D eigenvalue weighted by Crippen LogP contribution is 2.27. The van der Waals surface area contributed by atoms with Gasteiger partial charge < -0.3 is 19.8 Å². The summed E-state index contributed by atoms with van der Waals surface area (Å²) in [5, 5.41) is 0. The number of nitrogens with two attached hydrogens (primary N) is 1. The Morgan fingerprint density at radius 1 is 1.47 bits per heavy atom. The minimum absolute atomic E-state index is 0.197. The molecule has 1 aliphatic rings. The molecule has 3 rings (SSSR count). The highest BCUT2D eigenvalue weighted by Gasteiger charge is 2.29. The SMILES string of the molecule is CCC1COC(C)CN1c1nc2ccc(N)cc2o1. The summed E-state index contributed by atoms with van der Waals surface area (Å²) in [7, 11) is 0. The van der Waals surface area contributed by atoms with E-state index >= 15 is 0 Å². The Bertz CT molecular complexity index is 581. The van der Waals surface area contributed by atoms with Crippen molar-refractivity contribution in [3.8, 4) is 0 Å². The molecule has 1 aliphatic heterocycles. The molecular formula is C14H19N3O2. The average molecular weight is 261 g/mol. The van der Waals surface area contributed by atoms with Gasteiger partial charge in [0.15, 0.2) is 5.58 Å². The Hall–Kier alpha value is -1.75. The molecule has 0 radical (unpaired) electrons. The molecule has 19 heavy (non-hydrogen) atoms. The van der Waals surface area contributed by atoms with Crippen molar-refractivity contribution in [1.82, 2.24) is 4.98 Å². The molecule has 5 heteroatoms. The van der Waals surface area contributed by atoms with Crippen LogP contribution in [-0.4, -0.2) is 30.3 Å². The summed E-state index contributed by atoms with van der Waals surface area (Å²) in [6, 6.07) is 6.54. The minimum atomic E-state index is 0.197. The lowest BCUT2D eigenvalue weighted by atomic mass is 10.1. The van der Waals surface area contributed by atoms with Crippen molar-refractivity contribution in [2.75, 3.05) is 23.8 Å². The number of nitrogens with zero attached hydrogens (tertiary/aromatic N) is 2. The van der Waals surface area contributed by atoms with Crippen molar-refractivity contribution in [3.05, 3.63) is 18.2 Å². The molecule has 5 nitrogen and oxygen atoms in total. The summed E-state index contributed by atoms with van der Waals surface area (Å²) in [6.07, 6.45) is 1.20. The van der Waals surface area contributed by atoms with Gasteiger partial charge in [0.05, 0.1) is 18.8 Å². The molecule has 2 heterocycles. The van der Waals surface area contributed by atoms with Gasteiger partial charge in [-0.1, -0.05) is 6.92 Å². The molecule has 1 fully saturated rings. The molecule has 0 saturated carbocycles. The maximum atomic E-state index is 5.85. The number of benzene rings is 1. The van der Waals surface area contributed by atoms with Crippen LogP contribution in [0, 0.1) is 0 Å². The fourth-order valence-electron chi connectivity index (χ4n) is 2.47. The van der Waals surface area contributed by atoms with E-state index in [9.17, 15) is 0 Å². The van der Waals surface area contributed by atoms with Crippen molar-refractivity contribution in [2.45, 2.75) is 32.4 Å². The fraction of sp³-hybridized carbons (Fsp3) is 0.500. The number of hydrogen-bond acceptors (Lipinski definition) is 5. The second-order valence-corrected chi connectivity index (χ2v) is 5.08. The third kappa shape index (κ3) is 2.26. The van der Waals surface area contributed by atoms with E-state index in [1.165, 1.54) is 0 Å². The van der Waals surface area contributed by atoms with Crippen LogP contribution in [0.15, 0.2) is 22.6 Å². The molecule has 2 unspecified atom stereocenters. The summed E-state index contributed by atoms with van der Waals surface area (Å²) in [5.41, 5.74) is 8.04. The molecule has 2 aromatic rings. The van der Waals surface area contributed by atoms with E-state index < -0.39 is 0 Å². The van der Waals surface area contributed by atoms with Crippen LogP contribution in [0.3, 0.4) is 0 Å². The summed E-state index contributed by atoms with van der Waals surface area (Å²) in [4.78, 5) is 6.76. The van der Waals surface area contributed by atoms with E-state index in [2.05, 4.69) is 23.7 Å². The van der Waals surface area contributed by atoms with Crippen molar-refractivity contribution in [3.63, 3.8) is 0 Å². The van der Waals surface area contributed by atoms with E-state index in [0.29, 0.717) is 17.7 Å². The first-order chi connectivity index (χ1) is 9.17. The van der Waals surface area contributed by atoms with Crippen molar-refractivity contribution >= 4 is 22.8 Å². The van der Waals surface area contributed by atoms with Crippen LogP contribution in [0.25, 0.3) is 11.1 Å². The number of fused-ring (bicyclic) bond motifs is 1. The van der Waals surface area contributed by atoms with Crippen LogP contribution < -0.4 is 10.6 Å². The number of anilines is 2. The van der Waals surface area contributed by atoms with Crippen LogP contribution in [0.4, 0.5) is 11.7 Å². The van der Waals surface area contributed by atoms with E-state index in [1.54, 1.807) is 0 Å². The van der Waals surface area contributed by atoms with Gasteiger partial charge in [-0.25, -0.2) is 0 Å². The van der Waals surface area contributed by atoms with Crippen molar-refractivity contribution < 1.29 is 9.15 Å². The van der Waals surface area contributed by atoms with Gasteiger partial charge in [-0.2, -0.15) is 4.98 Å². The molecule has 0 amide bonds. The molecular weight excluding hydrogens is 242 g/mol. The fourth-order valence-corrected chi connectivity index (χ4v) is 2.47. The van der Waals surface area contributed by atoms with Gasteiger partial charge in [-0.15, -0.1) is 0 Å². The van der Waals surface area contributed by atoms with Gasteiger partial charge in [0.2, 0.25) is 0 Å². The third-order valence-electron chi connectivity index (χ3n) is 3.59. The topological polar surface area (TPSA) is 64.5 Å². The van der Waals surface area contributed by atoms with E-state index in [0.717, 1.165) is 30.7 Å². The smallest absolute Gasteiger partial charge is 0.298 e. The van der Waals surface area contributed by atoms with Crippen LogP contribution in [0.1, 0.15) is 20.3 Å². The number of nitrogen functional groups attached to an aromatic ring is 1. The number of ether oxygens (including phenoxy) is 1. The van der Waals surface area contributed by atoms with Crippen LogP contribution in [0.5, 0.6) is 0 Å². The van der Waals surface area contributed by atoms with Crippen molar-refractivity contribution in [2.24, 2.45) is 0 Å². The predicted octanol–water partition coefficient (Wildman–Crippen LogP) is 2.41. The minimum Gasteiger partial charge on any atom is -0.423 e. The first kappa shape index (κ1) is 12.3. The largest absolute Gasteiger partial charge is 0.423 e. The highest BCUT2D eigenvalue weighted by molar-refractivity contribution is 5.78. The monoisotopic (exact) mass is 261 g/mol. The summed E-state index contributed by atoms with van der Waals surface area (Å²) < 4.78 is 11.5. The van der Waals surface area contributed by atoms with Gasteiger partial charge in [0, 0.05) is 18.3 Å². The Kier molecular flexibility index (Phi) is 3.06. The Balaban J connectivity index is 1.97. The number of rotatable bonds is 2. The Labute approximate surface area is 112 Å². The lowest BCUT2D eigenvalue weighted by Crippen LogP contribution is -2.48. The molecule has 1 saturated heterocycles. The van der Waals surface area contributed by atoms with Crippen LogP contribution >= 0.6 is 0 Å². The zero-order valence-electron chi connectivity index (χ0n) is 11.3. The van der Waals surface area contributed by atoms with E-state index in [1.807, 2.05) is 18.2 Å². The second-order valence-electron chi connectivity index (χ2n) is 5.08. The van der Waals surface area contributed by atoms with Gasteiger partial charge in [-0.3, -0.25) is 0 Å². The number of morpholine rings is 1. The first-order valence-corrected chi connectivity index (χ1v) is 6.71. The molecule has 0 aliphatic carbocycles. The van der Waals surface area contributed by atoms with Gasteiger partial charge in [0.1, 0.15) is 5.52 Å². The van der Waals surface area contributed by atoms with E-state index in [-0.39, 0.29) is 6.10 Å². The molecule has 2 N–H and O–H groups in total. The maximum Gasteiger partial charge on any atom is 0.298 e. The van der Waals surface area contributed by atoms with Gasteiger partial charge >= 0.3 is 0 Å². The van der Waals surface area contributed by atoms with Crippen molar-refractivity contribution in [1.29, 1.82) is 0 Å². The second kappa shape index (κ2) is 4.74. The number of oxazole rings is 1. The molecule has 102 valence electrons. The molecule has 1 aromatic heterocycles. The Morgan fingerprint density at radius 3 is 3.11 bits per heavy atom. The predicted molar refractivity (Wildman–Crippen MR) is 75.3 cm³/mol. The molecule has 0 spiro atoms. The van der Waals surface area contributed by atoms with Gasteiger partial charge in [0.25, 0.3) is 6.01 Å². The quantitative estimate of drug-likeness (QED) is 0.841. The lowest BCUT2D eigenvalue weighted by molar-refractivity contribution is 0.0279. The van der Waals surface area contributed by atoms with Gasteiger partial charge in [-0.05, 0) is 25.5 Å². The summed E-state index contributed by atoms with van der Waals surface area (Å²) in [6.45, 7) is 5.75. The van der Waals surface area contributed by atoms with Crippen LogP contribution in [-0.2, 0) is 4.74 Å². The molecule has 2 atom stereocenters. The standard InChI is InChI=1S/C14H19N3O2/c1-3-11-8-18-9(2)7-17(11)14-16-12-5-4-10(15)6-13(12)19-14/h4-6,9,11H,3,7-8,15H2,1-2H3. The third-order valence-corrected chi connectivity index (χ3v) is 3.59. The Morgan fingerprint density at radius 2 is 2.32 bits per heavy atom. The highest BCUT2D eigenvalue weighted by atomic mass is 16.5.